The molecule has 1 atom stereocenters. The molecule has 0 saturated carbocycles. The molecule has 1 fully saturated rings. The fourth-order valence-corrected chi connectivity index (χ4v) is 3.06. The first kappa shape index (κ1) is 15.5. The number of aromatic nitrogens is 2. The van der Waals surface area contributed by atoms with Crippen molar-refractivity contribution < 1.29 is 9.59 Å². The summed E-state index contributed by atoms with van der Waals surface area (Å²) in [6.07, 6.45) is 1.18. The standard InChI is InChI=1S/C18H21N3O2/c1-4-14-5-7-16(8-6-14)21-17(22)10-15(18(21)23)11-20-13(3)9-12(2)19-20/h5-9,15H,4,10-11H2,1-3H3/t15-/m0/s1. The molecule has 0 radical (unpaired) electrons. The molecule has 5 nitrogen and oxygen atoms in total. The van der Waals surface area contributed by atoms with Gasteiger partial charge in [-0.25, -0.2) is 0 Å². The Labute approximate surface area is 135 Å². The van der Waals surface area contributed by atoms with Crippen molar-refractivity contribution in [1.29, 1.82) is 0 Å². The number of imide groups is 1. The highest BCUT2D eigenvalue weighted by molar-refractivity contribution is 6.20. The van der Waals surface area contributed by atoms with Crippen molar-refractivity contribution in [3.05, 3.63) is 47.3 Å². The Bertz CT molecular complexity index is 746. The van der Waals surface area contributed by atoms with Gasteiger partial charge < -0.3 is 0 Å². The first-order valence-electron chi connectivity index (χ1n) is 7.96. The van der Waals surface area contributed by atoms with Crippen LogP contribution in [0.1, 0.15) is 30.3 Å². The molecule has 2 aromatic rings. The van der Waals surface area contributed by atoms with Gasteiger partial charge in [0.2, 0.25) is 11.8 Å². The third kappa shape index (κ3) is 2.91. The van der Waals surface area contributed by atoms with Crippen LogP contribution in [0.3, 0.4) is 0 Å². The molecule has 1 aromatic heterocycles. The maximum atomic E-state index is 12.7. The number of amides is 2. The number of nitrogens with zero attached hydrogens (tertiary/aromatic N) is 3. The largest absolute Gasteiger partial charge is 0.274 e. The zero-order chi connectivity index (χ0) is 16.6. The Morgan fingerprint density at radius 2 is 1.87 bits per heavy atom. The Hall–Kier alpha value is -2.43. The molecular formula is C18H21N3O2. The molecule has 2 heterocycles. The summed E-state index contributed by atoms with van der Waals surface area (Å²) in [5.74, 6) is -0.607. The summed E-state index contributed by atoms with van der Waals surface area (Å²) in [5.41, 5.74) is 3.78. The Kier molecular flexibility index (Phi) is 4.03. The third-order valence-electron chi connectivity index (χ3n) is 4.34. The second-order valence-corrected chi connectivity index (χ2v) is 6.10. The fraction of sp³-hybridized carbons (Fsp3) is 0.389. The molecule has 1 aromatic carbocycles. The number of hydrogen-bond donors (Lipinski definition) is 0. The Morgan fingerprint density at radius 3 is 2.43 bits per heavy atom. The molecular weight excluding hydrogens is 290 g/mol. The van der Waals surface area contributed by atoms with Gasteiger partial charge in [0.25, 0.3) is 0 Å². The van der Waals surface area contributed by atoms with E-state index in [2.05, 4.69) is 12.0 Å². The van der Waals surface area contributed by atoms with Gasteiger partial charge in [-0.3, -0.25) is 19.2 Å². The molecule has 0 aliphatic carbocycles. The van der Waals surface area contributed by atoms with Crippen LogP contribution in [0.25, 0.3) is 0 Å². The highest BCUT2D eigenvalue weighted by atomic mass is 16.2. The highest BCUT2D eigenvalue weighted by Crippen LogP contribution is 2.28. The molecule has 5 heteroatoms. The lowest BCUT2D eigenvalue weighted by Gasteiger charge is -2.16. The molecule has 120 valence electrons. The Balaban J connectivity index is 1.80. The first-order valence-corrected chi connectivity index (χ1v) is 7.96. The molecule has 3 rings (SSSR count). The van der Waals surface area contributed by atoms with Gasteiger partial charge in [-0.2, -0.15) is 5.10 Å². The van der Waals surface area contributed by atoms with Crippen LogP contribution in [0.2, 0.25) is 0 Å². The van der Waals surface area contributed by atoms with E-state index in [0.717, 1.165) is 17.8 Å². The maximum Gasteiger partial charge on any atom is 0.239 e. The van der Waals surface area contributed by atoms with E-state index in [1.54, 1.807) is 0 Å². The summed E-state index contributed by atoms with van der Waals surface area (Å²) in [6.45, 7) is 6.41. The third-order valence-corrected chi connectivity index (χ3v) is 4.34. The summed E-state index contributed by atoms with van der Waals surface area (Å²) in [7, 11) is 0. The van der Waals surface area contributed by atoms with Gasteiger partial charge in [0.15, 0.2) is 0 Å². The smallest absolute Gasteiger partial charge is 0.239 e. The monoisotopic (exact) mass is 311 g/mol. The zero-order valence-electron chi connectivity index (χ0n) is 13.7. The van der Waals surface area contributed by atoms with Crippen LogP contribution < -0.4 is 4.90 Å². The van der Waals surface area contributed by atoms with Crippen molar-refractivity contribution in [1.82, 2.24) is 9.78 Å². The Morgan fingerprint density at radius 1 is 1.17 bits per heavy atom. The number of benzene rings is 1. The quantitative estimate of drug-likeness (QED) is 0.816. The van der Waals surface area contributed by atoms with E-state index < -0.39 is 0 Å². The van der Waals surface area contributed by atoms with E-state index >= 15 is 0 Å². The lowest BCUT2D eigenvalue weighted by Crippen LogP contribution is -2.31. The van der Waals surface area contributed by atoms with E-state index in [9.17, 15) is 9.59 Å². The maximum absolute atomic E-state index is 12.7. The summed E-state index contributed by atoms with van der Waals surface area (Å²) in [5, 5.41) is 4.39. The minimum Gasteiger partial charge on any atom is -0.274 e. The molecule has 0 unspecified atom stereocenters. The van der Waals surface area contributed by atoms with E-state index in [-0.39, 0.29) is 24.2 Å². The molecule has 23 heavy (non-hydrogen) atoms. The molecule has 1 aliphatic rings. The van der Waals surface area contributed by atoms with Gasteiger partial charge >= 0.3 is 0 Å². The first-order chi connectivity index (χ1) is 11.0. The predicted molar refractivity (Wildman–Crippen MR) is 88.1 cm³/mol. The van der Waals surface area contributed by atoms with E-state index in [4.69, 9.17) is 0 Å². The summed E-state index contributed by atoms with van der Waals surface area (Å²) >= 11 is 0. The average molecular weight is 311 g/mol. The zero-order valence-corrected chi connectivity index (χ0v) is 13.7. The SMILES string of the molecule is CCc1ccc(N2C(=O)C[C@@H](Cn3nc(C)cc3C)C2=O)cc1. The number of carbonyl (C=O) groups is 2. The van der Waals surface area contributed by atoms with E-state index in [1.165, 1.54) is 10.5 Å². The molecule has 0 bridgehead atoms. The highest BCUT2D eigenvalue weighted by Gasteiger charge is 2.39. The van der Waals surface area contributed by atoms with Crippen molar-refractivity contribution in [3.8, 4) is 0 Å². The second-order valence-electron chi connectivity index (χ2n) is 6.10. The van der Waals surface area contributed by atoms with Crippen LogP contribution in [0.5, 0.6) is 0 Å². The number of anilines is 1. The second kappa shape index (κ2) is 5.99. The normalized spacial score (nSPS) is 18.0. The number of carbonyl (C=O) groups excluding carboxylic acids is 2. The van der Waals surface area contributed by atoms with E-state index in [0.29, 0.717) is 12.2 Å². The fourth-order valence-electron chi connectivity index (χ4n) is 3.06. The van der Waals surface area contributed by atoms with Crippen LogP contribution in [-0.2, 0) is 22.6 Å². The van der Waals surface area contributed by atoms with Crippen LogP contribution >= 0.6 is 0 Å². The lowest BCUT2D eigenvalue weighted by atomic mass is 10.1. The lowest BCUT2D eigenvalue weighted by molar-refractivity contribution is -0.122. The van der Waals surface area contributed by atoms with Crippen LogP contribution in [0.15, 0.2) is 30.3 Å². The van der Waals surface area contributed by atoms with Crippen molar-refractivity contribution in [2.75, 3.05) is 4.90 Å². The van der Waals surface area contributed by atoms with Crippen LogP contribution in [0, 0.1) is 19.8 Å². The van der Waals surface area contributed by atoms with Crippen molar-refractivity contribution in [2.45, 2.75) is 40.2 Å². The average Bonchev–Trinajstić information content (AvgIpc) is 2.99. The van der Waals surface area contributed by atoms with Gasteiger partial charge in [-0.05, 0) is 44.0 Å². The number of aryl methyl sites for hydroxylation is 3. The van der Waals surface area contributed by atoms with Crippen molar-refractivity contribution in [3.63, 3.8) is 0 Å². The number of hydrogen-bond acceptors (Lipinski definition) is 3. The van der Waals surface area contributed by atoms with Crippen molar-refractivity contribution in [2.24, 2.45) is 5.92 Å². The van der Waals surface area contributed by atoms with Crippen LogP contribution in [0.4, 0.5) is 5.69 Å². The molecule has 0 spiro atoms. The van der Waals surface area contributed by atoms with Gasteiger partial charge in [0.1, 0.15) is 0 Å². The van der Waals surface area contributed by atoms with E-state index in [1.807, 2.05) is 48.9 Å². The molecule has 2 amide bonds. The molecule has 1 aliphatic heterocycles. The summed E-state index contributed by atoms with van der Waals surface area (Å²) in [6, 6.07) is 9.59. The topological polar surface area (TPSA) is 55.2 Å². The van der Waals surface area contributed by atoms with Gasteiger partial charge in [0, 0.05) is 12.1 Å². The van der Waals surface area contributed by atoms with Crippen molar-refractivity contribution >= 4 is 17.5 Å². The minimum absolute atomic E-state index is 0.133. The van der Waals surface area contributed by atoms with Gasteiger partial charge in [-0.15, -0.1) is 0 Å². The predicted octanol–water partition coefficient (Wildman–Crippen LogP) is 2.64. The minimum atomic E-state index is -0.341. The molecule has 0 N–H and O–H groups in total. The van der Waals surface area contributed by atoms with Gasteiger partial charge in [-0.1, -0.05) is 19.1 Å². The summed E-state index contributed by atoms with van der Waals surface area (Å²) in [4.78, 5) is 26.3. The van der Waals surface area contributed by atoms with Crippen LogP contribution in [-0.4, -0.2) is 21.6 Å². The summed E-state index contributed by atoms with van der Waals surface area (Å²) < 4.78 is 1.81. The van der Waals surface area contributed by atoms with Gasteiger partial charge in [0.05, 0.1) is 23.8 Å². The number of rotatable bonds is 4. The molecule has 1 saturated heterocycles.